The molecule has 1 saturated heterocycles. The molecule has 0 unspecified atom stereocenters. The number of likely N-dealkylation sites (tertiary alicyclic amines) is 1. The molecular weight excluding hydrogens is 256 g/mol. The van der Waals surface area contributed by atoms with Crippen LogP contribution in [0.15, 0.2) is 24.3 Å². The topological polar surface area (TPSA) is 75.8 Å². The van der Waals surface area contributed by atoms with Gasteiger partial charge in [-0.25, -0.2) is 0 Å². The summed E-state index contributed by atoms with van der Waals surface area (Å²) < 4.78 is 5.19. The third-order valence-electron chi connectivity index (χ3n) is 3.75. The number of methoxy groups -OCH3 is 1. The van der Waals surface area contributed by atoms with Gasteiger partial charge in [-0.3, -0.25) is 9.69 Å². The Kier molecular flexibility index (Phi) is 4.98. The second-order valence-corrected chi connectivity index (χ2v) is 5.26. The molecule has 0 aromatic heterocycles. The van der Waals surface area contributed by atoms with Gasteiger partial charge in [0.15, 0.2) is 0 Å². The highest BCUT2D eigenvalue weighted by molar-refractivity contribution is 5.80. The lowest BCUT2D eigenvalue weighted by atomic mass is 10.1. The number of carbonyl (C=O) groups excluding carboxylic acids is 1. The molecule has 0 bridgehead atoms. The first-order valence-corrected chi connectivity index (χ1v) is 6.94. The summed E-state index contributed by atoms with van der Waals surface area (Å²) in [5, 5.41) is 9.64. The maximum atomic E-state index is 11.3. The van der Waals surface area contributed by atoms with Crippen molar-refractivity contribution in [3.8, 4) is 5.75 Å². The average molecular weight is 278 g/mol. The van der Waals surface area contributed by atoms with Crippen molar-refractivity contribution in [2.75, 3.05) is 20.2 Å². The molecule has 2 rings (SSSR count). The number of primary amides is 1. The number of β-amino-alcohol motifs (C(OH)–C–C–N with tert-alkyl or cyclic N) is 1. The Hall–Kier alpha value is -1.59. The highest BCUT2D eigenvalue weighted by atomic mass is 16.5. The van der Waals surface area contributed by atoms with Gasteiger partial charge < -0.3 is 15.6 Å². The van der Waals surface area contributed by atoms with E-state index in [-0.39, 0.29) is 11.9 Å². The lowest BCUT2D eigenvalue weighted by Crippen LogP contribution is -2.40. The van der Waals surface area contributed by atoms with Crippen molar-refractivity contribution in [2.24, 2.45) is 5.73 Å². The van der Waals surface area contributed by atoms with E-state index < -0.39 is 6.10 Å². The Morgan fingerprint density at radius 1 is 1.55 bits per heavy atom. The Balaban J connectivity index is 1.84. The fraction of sp³-hybridized carbons (Fsp3) is 0.533. The molecule has 0 aliphatic carbocycles. The molecule has 110 valence electrons. The summed E-state index contributed by atoms with van der Waals surface area (Å²) >= 11 is 0. The van der Waals surface area contributed by atoms with E-state index in [0.717, 1.165) is 25.1 Å². The number of hydrogen-bond acceptors (Lipinski definition) is 4. The van der Waals surface area contributed by atoms with Crippen molar-refractivity contribution in [1.29, 1.82) is 0 Å². The molecule has 5 nitrogen and oxygen atoms in total. The van der Waals surface area contributed by atoms with Gasteiger partial charge in [0.2, 0.25) is 5.91 Å². The maximum Gasteiger partial charge on any atom is 0.234 e. The molecule has 5 heteroatoms. The van der Waals surface area contributed by atoms with E-state index >= 15 is 0 Å². The van der Waals surface area contributed by atoms with Crippen molar-refractivity contribution in [1.82, 2.24) is 4.90 Å². The Morgan fingerprint density at radius 2 is 2.35 bits per heavy atom. The number of benzene rings is 1. The molecule has 0 spiro atoms. The first-order chi connectivity index (χ1) is 9.60. The van der Waals surface area contributed by atoms with Crippen LogP contribution in [-0.2, 0) is 11.2 Å². The molecule has 2 atom stereocenters. The van der Waals surface area contributed by atoms with Crippen LogP contribution in [0, 0.1) is 0 Å². The number of hydrogen-bond donors (Lipinski definition) is 2. The van der Waals surface area contributed by atoms with Crippen LogP contribution >= 0.6 is 0 Å². The predicted octanol–water partition coefficient (Wildman–Crippen LogP) is 0.548. The maximum absolute atomic E-state index is 11.3. The smallest absolute Gasteiger partial charge is 0.234 e. The average Bonchev–Trinajstić information content (AvgIpc) is 2.80. The summed E-state index contributed by atoms with van der Waals surface area (Å²) in [5.74, 6) is 0.511. The van der Waals surface area contributed by atoms with Gasteiger partial charge in [0.1, 0.15) is 5.75 Å². The molecule has 3 N–H and O–H groups in total. The minimum Gasteiger partial charge on any atom is -0.497 e. The molecular formula is C15H22N2O3. The van der Waals surface area contributed by atoms with Gasteiger partial charge in [-0.15, -0.1) is 0 Å². The molecule has 0 radical (unpaired) electrons. The van der Waals surface area contributed by atoms with Crippen LogP contribution in [0.1, 0.15) is 18.4 Å². The summed E-state index contributed by atoms with van der Waals surface area (Å²) in [6.45, 7) is 1.30. The van der Waals surface area contributed by atoms with Crippen LogP contribution in [0.25, 0.3) is 0 Å². The summed E-state index contributed by atoms with van der Waals surface area (Å²) in [4.78, 5) is 13.3. The molecule has 1 heterocycles. The normalized spacial score (nSPS) is 22.9. The quantitative estimate of drug-likeness (QED) is 0.796. The highest BCUT2D eigenvalue weighted by Crippen LogP contribution is 2.19. The SMILES string of the molecule is COc1cccc(CCCN2C[C@@H](O)C[C@@H]2C(N)=O)c1. The number of aliphatic hydroxyl groups excluding tert-OH is 1. The molecule has 1 aliphatic heterocycles. The number of aryl methyl sites for hydroxylation is 1. The summed E-state index contributed by atoms with van der Waals surface area (Å²) in [6.07, 6.45) is 1.84. The Bertz CT molecular complexity index is 464. The number of nitrogens with zero attached hydrogens (tertiary/aromatic N) is 1. The summed E-state index contributed by atoms with van der Waals surface area (Å²) in [6, 6.07) is 7.65. The van der Waals surface area contributed by atoms with Crippen molar-refractivity contribution in [3.05, 3.63) is 29.8 Å². The first kappa shape index (κ1) is 14.8. The zero-order valence-corrected chi connectivity index (χ0v) is 11.8. The van der Waals surface area contributed by atoms with E-state index in [4.69, 9.17) is 10.5 Å². The van der Waals surface area contributed by atoms with Crippen LogP contribution in [0.2, 0.25) is 0 Å². The van der Waals surface area contributed by atoms with Crippen LogP contribution in [0.4, 0.5) is 0 Å². The Labute approximate surface area is 119 Å². The first-order valence-electron chi connectivity index (χ1n) is 6.94. The number of amides is 1. The summed E-state index contributed by atoms with van der Waals surface area (Å²) in [7, 11) is 1.65. The van der Waals surface area contributed by atoms with Gasteiger partial charge in [0.05, 0.1) is 19.3 Å². The number of rotatable bonds is 6. The number of aliphatic hydroxyl groups is 1. The zero-order chi connectivity index (χ0) is 14.5. The van der Waals surface area contributed by atoms with Gasteiger partial charge in [0, 0.05) is 6.54 Å². The zero-order valence-electron chi connectivity index (χ0n) is 11.8. The highest BCUT2D eigenvalue weighted by Gasteiger charge is 2.33. The van der Waals surface area contributed by atoms with E-state index in [2.05, 4.69) is 6.07 Å². The molecule has 1 aromatic carbocycles. The predicted molar refractivity (Wildman–Crippen MR) is 76.5 cm³/mol. The lowest BCUT2D eigenvalue weighted by molar-refractivity contribution is -0.122. The van der Waals surface area contributed by atoms with Gasteiger partial charge in [-0.2, -0.15) is 0 Å². The second-order valence-electron chi connectivity index (χ2n) is 5.26. The minimum atomic E-state index is -0.440. The van der Waals surface area contributed by atoms with E-state index in [1.165, 1.54) is 5.56 Å². The van der Waals surface area contributed by atoms with Gasteiger partial charge in [0.25, 0.3) is 0 Å². The standard InChI is InChI=1S/C15H22N2O3/c1-20-13-6-2-4-11(8-13)5-3-7-17-10-12(18)9-14(17)15(16)19/h2,4,6,8,12,14,18H,3,5,7,9-10H2,1H3,(H2,16,19)/t12-,14+/m0/s1. The van der Waals surface area contributed by atoms with Crippen LogP contribution in [0.3, 0.4) is 0 Å². The van der Waals surface area contributed by atoms with Gasteiger partial charge in [-0.05, 0) is 43.5 Å². The van der Waals surface area contributed by atoms with Crippen LogP contribution < -0.4 is 10.5 Å². The number of carbonyl (C=O) groups is 1. The fourth-order valence-electron chi connectivity index (χ4n) is 2.74. The second kappa shape index (κ2) is 6.72. The Morgan fingerprint density at radius 3 is 3.05 bits per heavy atom. The van der Waals surface area contributed by atoms with Gasteiger partial charge >= 0.3 is 0 Å². The van der Waals surface area contributed by atoms with E-state index in [1.807, 2.05) is 23.1 Å². The third-order valence-corrected chi connectivity index (χ3v) is 3.75. The molecule has 1 fully saturated rings. The molecule has 0 saturated carbocycles. The minimum absolute atomic E-state index is 0.324. The molecule has 1 amide bonds. The fourth-order valence-corrected chi connectivity index (χ4v) is 2.74. The van der Waals surface area contributed by atoms with Crippen molar-refractivity contribution >= 4 is 5.91 Å². The number of nitrogens with two attached hydrogens (primary N) is 1. The van der Waals surface area contributed by atoms with E-state index in [0.29, 0.717) is 13.0 Å². The van der Waals surface area contributed by atoms with Crippen molar-refractivity contribution in [2.45, 2.75) is 31.4 Å². The largest absolute Gasteiger partial charge is 0.497 e. The molecule has 1 aliphatic rings. The van der Waals surface area contributed by atoms with E-state index in [9.17, 15) is 9.90 Å². The van der Waals surface area contributed by atoms with Crippen LogP contribution in [0.5, 0.6) is 5.75 Å². The molecule has 20 heavy (non-hydrogen) atoms. The van der Waals surface area contributed by atoms with Gasteiger partial charge in [-0.1, -0.05) is 12.1 Å². The lowest BCUT2D eigenvalue weighted by Gasteiger charge is -2.21. The number of ether oxygens (including phenoxy) is 1. The summed E-state index contributed by atoms with van der Waals surface area (Å²) in [5.41, 5.74) is 6.57. The van der Waals surface area contributed by atoms with Crippen molar-refractivity contribution in [3.63, 3.8) is 0 Å². The molecule has 1 aromatic rings. The monoisotopic (exact) mass is 278 g/mol. The third kappa shape index (κ3) is 3.71. The van der Waals surface area contributed by atoms with Crippen molar-refractivity contribution < 1.29 is 14.6 Å². The van der Waals surface area contributed by atoms with E-state index in [1.54, 1.807) is 7.11 Å². The van der Waals surface area contributed by atoms with Crippen LogP contribution in [-0.4, -0.2) is 48.3 Å².